The van der Waals surface area contributed by atoms with Gasteiger partial charge in [0.15, 0.2) is 0 Å². The Hall–Kier alpha value is -1.98. The molecule has 1 aromatic carbocycles. The SMILES string of the molecule is CC(NC1CCN(c2cnccn2)CC1)c1cc2ccccc2s1. The van der Waals surface area contributed by atoms with Crippen molar-refractivity contribution in [3.05, 3.63) is 53.8 Å². The summed E-state index contributed by atoms with van der Waals surface area (Å²) < 4.78 is 1.37. The normalized spacial score (nSPS) is 17.3. The van der Waals surface area contributed by atoms with Crippen LogP contribution in [0.2, 0.25) is 0 Å². The molecule has 3 heterocycles. The zero-order valence-corrected chi connectivity index (χ0v) is 14.7. The summed E-state index contributed by atoms with van der Waals surface area (Å²) in [6, 6.07) is 11.9. The summed E-state index contributed by atoms with van der Waals surface area (Å²) in [7, 11) is 0. The summed E-state index contributed by atoms with van der Waals surface area (Å²) in [5.41, 5.74) is 0. The van der Waals surface area contributed by atoms with E-state index in [-0.39, 0.29) is 0 Å². The van der Waals surface area contributed by atoms with Crippen LogP contribution in [0.1, 0.15) is 30.7 Å². The van der Waals surface area contributed by atoms with Crippen molar-refractivity contribution in [2.45, 2.75) is 31.8 Å². The second-order valence-electron chi connectivity index (χ2n) is 6.40. The number of hydrogen-bond donors (Lipinski definition) is 1. The molecule has 0 amide bonds. The van der Waals surface area contributed by atoms with E-state index in [1.165, 1.54) is 15.0 Å². The van der Waals surface area contributed by atoms with Gasteiger partial charge in [0, 0.05) is 47.1 Å². The van der Waals surface area contributed by atoms with E-state index in [0.29, 0.717) is 12.1 Å². The number of benzene rings is 1. The molecular formula is C19H22N4S. The van der Waals surface area contributed by atoms with E-state index >= 15 is 0 Å². The lowest BCUT2D eigenvalue weighted by Crippen LogP contribution is -2.43. The molecule has 0 aliphatic carbocycles. The van der Waals surface area contributed by atoms with Crippen LogP contribution in [-0.2, 0) is 0 Å². The maximum absolute atomic E-state index is 4.40. The number of piperidine rings is 1. The van der Waals surface area contributed by atoms with E-state index in [1.54, 1.807) is 12.4 Å². The first-order valence-electron chi connectivity index (χ1n) is 8.55. The van der Waals surface area contributed by atoms with Gasteiger partial charge in [0.1, 0.15) is 5.82 Å². The summed E-state index contributed by atoms with van der Waals surface area (Å²) in [5, 5.41) is 5.17. The maximum Gasteiger partial charge on any atom is 0.147 e. The van der Waals surface area contributed by atoms with Gasteiger partial charge in [-0.25, -0.2) is 4.98 Å². The van der Waals surface area contributed by atoms with Gasteiger partial charge in [-0.2, -0.15) is 0 Å². The van der Waals surface area contributed by atoms with Crippen LogP contribution in [0.4, 0.5) is 5.82 Å². The number of thiophene rings is 1. The number of fused-ring (bicyclic) bond motifs is 1. The third-order valence-corrected chi connectivity index (χ3v) is 6.02. The fraction of sp³-hybridized carbons (Fsp3) is 0.368. The van der Waals surface area contributed by atoms with Crippen LogP contribution in [0.3, 0.4) is 0 Å². The van der Waals surface area contributed by atoms with Crippen LogP contribution in [-0.4, -0.2) is 29.1 Å². The molecule has 1 aliphatic heterocycles. The zero-order chi connectivity index (χ0) is 16.4. The van der Waals surface area contributed by atoms with Crippen LogP contribution >= 0.6 is 11.3 Å². The number of aromatic nitrogens is 2. The lowest BCUT2D eigenvalue weighted by Gasteiger charge is -2.34. The molecule has 1 unspecified atom stereocenters. The summed E-state index contributed by atoms with van der Waals surface area (Å²) in [6.45, 7) is 4.35. The van der Waals surface area contributed by atoms with Crippen LogP contribution in [0, 0.1) is 0 Å². The van der Waals surface area contributed by atoms with Gasteiger partial charge in [-0.05, 0) is 37.3 Å². The standard InChI is InChI=1S/C19H22N4S/c1-14(18-12-15-4-2-3-5-17(15)24-18)22-16-6-10-23(11-7-16)19-13-20-8-9-21-19/h2-5,8-9,12-14,16,22H,6-7,10-11H2,1H3. The highest BCUT2D eigenvalue weighted by molar-refractivity contribution is 7.19. The molecular weight excluding hydrogens is 316 g/mol. The third kappa shape index (κ3) is 3.28. The first kappa shape index (κ1) is 15.5. The summed E-state index contributed by atoms with van der Waals surface area (Å²) in [5.74, 6) is 0.994. The monoisotopic (exact) mass is 338 g/mol. The Bertz CT molecular complexity index is 760. The summed E-state index contributed by atoms with van der Waals surface area (Å²) >= 11 is 1.90. The highest BCUT2D eigenvalue weighted by Gasteiger charge is 2.22. The Morgan fingerprint density at radius 1 is 1.21 bits per heavy atom. The van der Waals surface area contributed by atoms with Gasteiger partial charge in [-0.1, -0.05) is 18.2 Å². The number of rotatable bonds is 4. The summed E-state index contributed by atoms with van der Waals surface area (Å²) in [6.07, 6.45) is 7.64. The van der Waals surface area contributed by atoms with Crippen molar-refractivity contribution in [2.75, 3.05) is 18.0 Å². The molecule has 1 atom stereocenters. The van der Waals surface area contributed by atoms with Crippen molar-refractivity contribution in [3.63, 3.8) is 0 Å². The molecule has 3 aromatic rings. The van der Waals surface area contributed by atoms with Gasteiger partial charge in [0.25, 0.3) is 0 Å². The molecule has 1 saturated heterocycles. The van der Waals surface area contributed by atoms with Gasteiger partial charge < -0.3 is 10.2 Å². The Morgan fingerprint density at radius 2 is 2.04 bits per heavy atom. The van der Waals surface area contributed by atoms with Crippen molar-refractivity contribution in [3.8, 4) is 0 Å². The van der Waals surface area contributed by atoms with E-state index in [1.807, 2.05) is 17.5 Å². The number of anilines is 1. The van der Waals surface area contributed by atoms with E-state index in [9.17, 15) is 0 Å². The number of hydrogen-bond acceptors (Lipinski definition) is 5. The van der Waals surface area contributed by atoms with Crippen LogP contribution in [0.15, 0.2) is 48.9 Å². The molecule has 1 aliphatic rings. The molecule has 1 fully saturated rings. The third-order valence-electron chi connectivity index (χ3n) is 4.73. The Labute approximate surface area is 146 Å². The second kappa shape index (κ2) is 6.87. The van der Waals surface area contributed by atoms with Crippen LogP contribution < -0.4 is 10.2 Å². The van der Waals surface area contributed by atoms with E-state index in [4.69, 9.17) is 0 Å². The van der Waals surface area contributed by atoms with Crippen molar-refractivity contribution in [1.82, 2.24) is 15.3 Å². The number of nitrogens with zero attached hydrogens (tertiary/aromatic N) is 3. The fourth-order valence-corrected chi connectivity index (χ4v) is 4.46. The molecule has 0 bridgehead atoms. The molecule has 4 nitrogen and oxygen atoms in total. The highest BCUT2D eigenvalue weighted by atomic mass is 32.1. The average molecular weight is 338 g/mol. The topological polar surface area (TPSA) is 41.0 Å². The molecule has 24 heavy (non-hydrogen) atoms. The lowest BCUT2D eigenvalue weighted by molar-refractivity contribution is 0.382. The van der Waals surface area contributed by atoms with Crippen molar-refractivity contribution in [1.29, 1.82) is 0 Å². The summed E-state index contributed by atoms with van der Waals surface area (Å²) in [4.78, 5) is 12.3. The van der Waals surface area contributed by atoms with Gasteiger partial charge in [0.05, 0.1) is 6.20 Å². The molecule has 124 valence electrons. The van der Waals surface area contributed by atoms with Gasteiger partial charge in [-0.15, -0.1) is 11.3 Å². The molecule has 4 rings (SSSR count). The van der Waals surface area contributed by atoms with Gasteiger partial charge in [-0.3, -0.25) is 4.98 Å². The number of nitrogens with one attached hydrogen (secondary N) is 1. The zero-order valence-electron chi connectivity index (χ0n) is 13.9. The fourth-order valence-electron chi connectivity index (χ4n) is 3.38. The lowest BCUT2D eigenvalue weighted by atomic mass is 10.0. The molecule has 5 heteroatoms. The van der Waals surface area contributed by atoms with Crippen molar-refractivity contribution >= 4 is 27.2 Å². The minimum atomic E-state index is 0.399. The average Bonchev–Trinajstić information content (AvgIpc) is 3.07. The van der Waals surface area contributed by atoms with Gasteiger partial charge >= 0.3 is 0 Å². The first-order chi connectivity index (χ1) is 11.8. The maximum atomic E-state index is 4.40. The Balaban J connectivity index is 1.36. The predicted molar refractivity (Wildman–Crippen MR) is 101 cm³/mol. The second-order valence-corrected chi connectivity index (χ2v) is 7.52. The highest BCUT2D eigenvalue weighted by Crippen LogP contribution is 2.30. The minimum Gasteiger partial charge on any atom is -0.355 e. The largest absolute Gasteiger partial charge is 0.355 e. The van der Waals surface area contributed by atoms with Crippen LogP contribution in [0.25, 0.3) is 10.1 Å². The Kier molecular flexibility index (Phi) is 4.45. The molecule has 0 saturated carbocycles. The molecule has 2 aromatic heterocycles. The molecule has 0 radical (unpaired) electrons. The molecule has 0 spiro atoms. The van der Waals surface area contributed by atoms with Crippen molar-refractivity contribution < 1.29 is 0 Å². The minimum absolute atomic E-state index is 0.399. The Morgan fingerprint density at radius 3 is 2.79 bits per heavy atom. The van der Waals surface area contributed by atoms with E-state index in [0.717, 1.165) is 31.7 Å². The van der Waals surface area contributed by atoms with E-state index in [2.05, 4.69) is 57.4 Å². The van der Waals surface area contributed by atoms with Gasteiger partial charge in [0.2, 0.25) is 0 Å². The smallest absolute Gasteiger partial charge is 0.147 e. The predicted octanol–water partition coefficient (Wildman–Crippen LogP) is 4.01. The van der Waals surface area contributed by atoms with Crippen LogP contribution in [0.5, 0.6) is 0 Å². The first-order valence-corrected chi connectivity index (χ1v) is 9.37. The van der Waals surface area contributed by atoms with E-state index < -0.39 is 0 Å². The van der Waals surface area contributed by atoms with Crippen molar-refractivity contribution in [2.24, 2.45) is 0 Å². The molecule has 1 N–H and O–H groups in total. The quantitative estimate of drug-likeness (QED) is 0.780.